The molecule has 0 unspecified atom stereocenters. The van der Waals surface area contributed by atoms with Crippen molar-refractivity contribution in [1.82, 2.24) is 0 Å². The number of rotatable bonds is 0. The van der Waals surface area contributed by atoms with Gasteiger partial charge in [-0.1, -0.05) is 0 Å². The number of hydrogen-bond acceptors (Lipinski definition) is 18. The van der Waals surface area contributed by atoms with Crippen LogP contribution in [0.3, 0.4) is 0 Å². The molecule has 0 atom stereocenters. The van der Waals surface area contributed by atoms with E-state index in [4.69, 9.17) is 0 Å². The van der Waals surface area contributed by atoms with Crippen LogP contribution < -0.4 is 0 Å². The molecule has 1 fully saturated rings. The molecule has 0 amide bonds. The third-order valence-corrected chi connectivity index (χ3v) is 35.0. The van der Waals surface area contributed by atoms with E-state index in [9.17, 15) is 40.8 Å². The molecule has 25 heteroatoms. The molecule has 0 aliphatic carbocycles. The minimum absolute atomic E-state index is 0. The summed E-state index contributed by atoms with van der Waals surface area (Å²) in [6, 6.07) is 0. The topological polar surface area (TPSA) is 260 Å². The van der Waals surface area contributed by atoms with Crippen LogP contribution in [0.1, 0.15) is 0 Å². The van der Waals surface area contributed by atoms with Gasteiger partial charge in [-0.2, -0.15) is 0 Å². The van der Waals surface area contributed by atoms with Crippen molar-refractivity contribution < 1.29 is 171 Å². The minimum atomic E-state index is -7.37. The Balaban J connectivity index is -0.000000165. The van der Waals surface area contributed by atoms with Crippen molar-refractivity contribution in [3.8, 4) is 0 Å². The summed E-state index contributed by atoms with van der Waals surface area (Å²) >= 11 is -44.2. The zero-order valence-corrected chi connectivity index (χ0v) is 29.5. The first kappa shape index (κ1) is 50.0. The first-order chi connectivity index (χ1) is 10.2. The van der Waals surface area contributed by atoms with Gasteiger partial charge in [0.15, 0.2) is 0 Å². The van der Waals surface area contributed by atoms with Gasteiger partial charge in [0.2, 0.25) is 0 Å². The Bertz CT molecular complexity index is 860. The Kier molecular flexibility index (Phi) is 25.7. The third kappa shape index (κ3) is 20.0. The van der Waals surface area contributed by atoms with Crippen LogP contribution in [0.2, 0.25) is 0 Å². The first-order valence-corrected chi connectivity index (χ1v) is 23.7. The molecule has 0 bridgehead atoms. The fourth-order valence-electron chi connectivity index (χ4n) is 0.680. The van der Waals surface area contributed by atoms with E-state index in [-0.39, 0.29) is 61.9 Å². The zero-order valence-electron chi connectivity index (χ0n) is 16.2. The molecule has 1 saturated heterocycles. The van der Waals surface area contributed by atoms with Crippen LogP contribution in [0.4, 0.5) is 0 Å². The second kappa shape index (κ2) is 15.9. The van der Waals surface area contributed by atoms with Gasteiger partial charge in [-0.15, -0.1) is 0 Å². The van der Waals surface area contributed by atoms with E-state index in [1.165, 1.54) is 0 Å². The van der Waals surface area contributed by atoms with E-state index in [2.05, 4.69) is 12.3 Å². The SMILES string of the molecule is [CH3-].[CH3-].[CH3-].[CH3-].[CH3-].[CH3-].[Cr].[O]=[Mo]1(=[O])[O][Mo](=[O])(=[O])[O][Mo](=[O])(=[O])[O][Mo](=[O])(=[O])[O][Mo](=[O])(=[O])[O][Mo](=[O])(=[O])[O]1. The predicted octanol–water partition coefficient (Wildman–Crippen LogP) is 0.848. The van der Waals surface area contributed by atoms with E-state index in [0.29, 0.717) is 0 Å². The van der Waals surface area contributed by atoms with Crippen LogP contribution in [0.5, 0.6) is 0 Å². The van der Waals surface area contributed by atoms with Gasteiger partial charge in [-0.3, -0.25) is 0 Å². The molecule has 1 heterocycles. The Labute approximate surface area is 212 Å². The second-order valence-corrected chi connectivity index (χ2v) is 28.8. The molecule has 0 spiro atoms. The molecule has 0 aromatic rings. The van der Waals surface area contributed by atoms with Gasteiger partial charge in [-0.25, -0.2) is 0 Å². The van der Waals surface area contributed by atoms with E-state index in [1.807, 2.05) is 0 Å². The van der Waals surface area contributed by atoms with Gasteiger partial charge in [0.25, 0.3) is 0 Å². The Morgan fingerprint density at radius 1 is 0.258 bits per heavy atom. The van der Waals surface area contributed by atoms with Gasteiger partial charge in [0, 0.05) is 17.4 Å². The van der Waals surface area contributed by atoms with E-state index < -0.39 is 100 Å². The maximum atomic E-state index is 11.1. The van der Waals surface area contributed by atoms with Crippen molar-refractivity contribution >= 4 is 0 Å². The molecule has 198 valence electrons. The summed E-state index contributed by atoms with van der Waals surface area (Å²) in [7, 11) is 0. The molecule has 31 heavy (non-hydrogen) atoms. The van der Waals surface area contributed by atoms with Crippen molar-refractivity contribution in [2.45, 2.75) is 0 Å². The Morgan fingerprint density at radius 2 is 0.323 bits per heavy atom. The molecular formula is C6H18CrMo6O18-6. The maximum absolute atomic E-state index is 11.1. The van der Waals surface area contributed by atoms with Crippen LogP contribution in [-0.2, 0) is 171 Å². The van der Waals surface area contributed by atoms with Crippen molar-refractivity contribution in [2.24, 2.45) is 0 Å². The fraction of sp³-hybridized carbons (Fsp3) is 0. The molecule has 1 aliphatic heterocycles. The molecule has 1 rings (SSSR count). The van der Waals surface area contributed by atoms with Gasteiger partial charge in [0.05, 0.1) is 0 Å². The van der Waals surface area contributed by atoms with Gasteiger partial charge in [-0.05, 0) is 0 Å². The van der Waals surface area contributed by atoms with E-state index >= 15 is 0 Å². The summed E-state index contributed by atoms with van der Waals surface area (Å²) in [5.41, 5.74) is 0. The van der Waals surface area contributed by atoms with E-state index in [1.54, 1.807) is 0 Å². The standard InChI is InChI=1S/6CH3.Cr.6Mo.18O/h6*1H3;;;;;;;;;;;;;;;;;;;;;;;;;/q6*-1;;;;;;;;;;;;;;;;;;;;;;;;;. The molecule has 0 saturated carbocycles. The zero-order chi connectivity index (χ0) is 19.2. The van der Waals surface area contributed by atoms with Crippen molar-refractivity contribution in [3.63, 3.8) is 0 Å². The quantitative estimate of drug-likeness (QED) is 0.241. The van der Waals surface area contributed by atoms with Gasteiger partial charge in [0.1, 0.15) is 0 Å². The molecular weight excluding hydrogens is 988 g/mol. The molecule has 18 nitrogen and oxygen atoms in total. The Morgan fingerprint density at radius 3 is 0.387 bits per heavy atom. The van der Waals surface area contributed by atoms with Gasteiger partial charge < -0.3 is 44.6 Å². The molecule has 0 N–H and O–H groups in total. The van der Waals surface area contributed by atoms with Crippen molar-refractivity contribution in [1.29, 1.82) is 0 Å². The number of hydrogen-bond donors (Lipinski definition) is 0. The summed E-state index contributed by atoms with van der Waals surface area (Å²) in [6.45, 7) is 0. The summed E-state index contributed by atoms with van der Waals surface area (Å²) in [6.07, 6.45) is 0. The van der Waals surface area contributed by atoms with Crippen LogP contribution in [-0.4, -0.2) is 0 Å². The predicted molar refractivity (Wildman–Crippen MR) is 53.2 cm³/mol. The summed E-state index contributed by atoms with van der Waals surface area (Å²) in [5, 5.41) is 0. The second-order valence-electron chi connectivity index (χ2n) is 2.86. The third-order valence-electron chi connectivity index (χ3n) is 1.00. The Hall–Kier alpha value is 2.02. The van der Waals surface area contributed by atoms with Crippen LogP contribution in [0.15, 0.2) is 0 Å². The monoisotopic (exact) mass is 1020 g/mol. The van der Waals surface area contributed by atoms with Gasteiger partial charge >= 0.3 is 154 Å². The van der Waals surface area contributed by atoms with Crippen molar-refractivity contribution in [2.75, 3.05) is 0 Å². The fourth-order valence-corrected chi connectivity index (χ4v) is 35.5. The summed E-state index contributed by atoms with van der Waals surface area (Å²) < 4.78 is 152. The van der Waals surface area contributed by atoms with Crippen LogP contribution in [0.25, 0.3) is 0 Å². The summed E-state index contributed by atoms with van der Waals surface area (Å²) in [4.78, 5) is 0. The van der Waals surface area contributed by atoms with E-state index in [0.717, 1.165) is 0 Å². The summed E-state index contributed by atoms with van der Waals surface area (Å²) in [5.74, 6) is 0. The molecule has 0 aromatic carbocycles. The molecule has 1 aliphatic rings. The molecule has 0 radical (unpaired) electrons. The average molecular weight is 1010 g/mol. The normalized spacial score (nSPS) is 24.0. The average Bonchev–Trinajstić information content (AvgIpc) is 1.98. The van der Waals surface area contributed by atoms with Crippen LogP contribution >= 0.6 is 0 Å². The van der Waals surface area contributed by atoms with Crippen LogP contribution in [0, 0.1) is 44.6 Å². The first-order valence-electron chi connectivity index (χ1n) is 4.00. The molecule has 0 aromatic heterocycles. The van der Waals surface area contributed by atoms with Crippen molar-refractivity contribution in [3.05, 3.63) is 44.6 Å².